The second-order valence-electron chi connectivity index (χ2n) is 5.01. The molecule has 17 heavy (non-hydrogen) atoms. The van der Waals surface area contributed by atoms with Gasteiger partial charge in [-0.2, -0.15) is 0 Å². The van der Waals surface area contributed by atoms with Crippen molar-refractivity contribution in [3.63, 3.8) is 0 Å². The van der Waals surface area contributed by atoms with Gasteiger partial charge in [0.15, 0.2) is 0 Å². The average molecular weight is 238 g/mol. The van der Waals surface area contributed by atoms with Crippen LogP contribution in [0.15, 0.2) is 0 Å². The molecule has 3 aliphatic rings. The average Bonchev–Trinajstić information content (AvgIpc) is 2.98. The highest BCUT2D eigenvalue weighted by atomic mass is 16.2. The van der Waals surface area contributed by atoms with Crippen molar-refractivity contribution in [2.45, 2.75) is 12.5 Å². The summed E-state index contributed by atoms with van der Waals surface area (Å²) in [6, 6.07) is 0.194. The molecule has 3 saturated heterocycles. The fourth-order valence-corrected chi connectivity index (χ4v) is 2.93. The van der Waals surface area contributed by atoms with Crippen LogP contribution in [0.4, 0.5) is 4.79 Å². The maximum absolute atomic E-state index is 12.2. The molecule has 2 unspecified atom stereocenters. The molecule has 0 saturated carbocycles. The number of urea groups is 1. The Kier molecular flexibility index (Phi) is 2.66. The van der Waals surface area contributed by atoms with Gasteiger partial charge in [-0.05, 0) is 13.0 Å². The van der Waals surface area contributed by atoms with E-state index in [1.807, 2.05) is 9.80 Å². The molecule has 0 spiro atoms. The van der Waals surface area contributed by atoms with Gasteiger partial charge in [0.2, 0.25) is 5.91 Å². The summed E-state index contributed by atoms with van der Waals surface area (Å²) in [5.74, 6) is 0.403. The van der Waals surface area contributed by atoms with Crippen molar-refractivity contribution < 1.29 is 9.59 Å². The first-order chi connectivity index (χ1) is 8.25. The molecule has 0 aliphatic carbocycles. The molecule has 3 rings (SSSR count). The molecule has 0 aromatic carbocycles. The number of nitrogens with zero attached hydrogens (tertiary/aromatic N) is 2. The van der Waals surface area contributed by atoms with Crippen molar-refractivity contribution in [1.29, 1.82) is 0 Å². The monoisotopic (exact) mass is 238 g/mol. The summed E-state index contributed by atoms with van der Waals surface area (Å²) in [5, 5.41) is 6.05. The number of fused-ring (bicyclic) bond motifs is 1. The standard InChI is InChI=1S/C11H18N4O2/c16-10(8-1-2-12-5-8)14-3-4-15-9(7-14)6-13-11(15)17/h8-9,12H,1-7H2,(H,13,17). The molecule has 0 aromatic rings. The molecule has 3 amide bonds. The lowest BCUT2D eigenvalue weighted by molar-refractivity contribution is -0.137. The normalized spacial score (nSPS) is 32.6. The number of carbonyl (C=O) groups excluding carboxylic acids is 2. The maximum Gasteiger partial charge on any atom is 0.317 e. The van der Waals surface area contributed by atoms with E-state index in [9.17, 15) is 9.59 Å². The van der Waals surface area contributed by atoms with Crippen LogP contribution in [0, 0.1) is 5.92 Å². The van der Waals surface area contributed by atoms with Crippen LogP contribution in [0.3, 0.4) is 0 Å². The largest absolute Gasteiger partial charge is 0.339 e. The van der Waals surface area contributed by atoms with Gasteiger partial charge in [0.25, 0.3) is 0 Å². The molecule has 0 radical (unpaired) electrons. The first-order valence-electron chi connectivity index (χ1n) is 6.29. The van der Waals surface area contributed by atoms with Crippen molar-refractivity contribution in [1.82, 2.24) is 20.4 Å². The van der Waals surface area contributed by atoms with Crippen molar-refractivity contribution in [3.05, 3.63) is 0 Å². The third-order valence-corrected chi connectivity index (χ3v) is 3.95. The van der Waals surface area contributed by atoms with E-state index in [4.69, 9.17) is 0 Å². The van der Waals surface area contributed by atoms with E-state index in [0.29, 0.717) is 26.2 Å². The van der Waals surface area contributed by atoms with Crippen LogP contribution in [-0.2, 0) is 4.79 Å². The molecule has 6 nitrogen and oxygen atoms in total. The predicted molar refractivity (Wildman–Crippen MR) is 61.4 cm³/mol. The molecular weight excluding hydrogens is 220 g/mol. The van der Waals surface area contributed by atoms with E-state index in [2.05, 4.69) is 10.6 Å². The zero-order valence-electron chi connectivity index (χ0n) is 9.82. The highest BCUT2D eigenvalue weighted by molar-refractivity contribution is 5.81. The van der Waals surface area contributed by atoms with Crippen molar-refractivity contribution in [3.8, 4) is 0 Å². The fraction of sp³-hybridized carbons (Fsp3) is 0.818. The molecule has 3 fully saturated rings. The number of hydrogen-bond donors (Lipinski definition) is 2. The Bertz CT molecular complexity index is 340. The molecule has 2 atom stereocenters. The van der Waals surface area contributed by atoms with Gasteiger partial charge in [0.05, 0.1) is 12.0 Å². The van der Waals surface area contributed by atoms with Crippen LogP contribution in [0.25, 0.3) is 0 Å². The molecule has 3 aliphatic heterocycles. The minimum absolute atomic E-state index is 0.0182. The van der Waals surface area contributed by atoms with E-state index in [1.165, 1.54) is 0 Å². The summed E-state index contributed by atoms with van der Waals surface area (Å²) in [5.41, 5.74) is 0. The molecule has 0 aromatic heterocycles. The minimum Gasteiger partial charge on any atom is -0.339 e. The van der Waals surface area contributed by atoms with E-state index in [0.717, 1.165) is 19.5 Å². The second kappa shape index (κ2) is 4.18. The van der Waals surface area contributed by atoms with Crippen LogP contribution in [0.5, 0.6) is 0 Å². The van der Waals surface area contributed by atoms with Crippen molar-refractivity contribution in [2.24, 2.45) is 5.92 Å². The topological polar surface area (TPSA) is 64.7 Å². The molecule has 94 valence electrons. The smallest absolute Gasteiger partial charge is 0.317 e. The number of carbonyl (C=O) groups is 2. The number of hydrogen-bond acceptors (Lipinski definition) is 3. The predicted octanol–water partition coefficient (Wildman–Crippen LogP) is -1.17. The summed E-state index contributed by atoms with van der Waals surface area (Å²) in [7, 11) is 0. The number of piperazine rings is 1. The summed E-state index contributed by atoms with van der Waals surface area (Å²) in [6.45, 7) is 4.46. The highest BCUT2D eigenvalue weighted by Crippen LogP contribution is 2.18. The molecule has 3 heterocycles. The van der Waals surface area contributed by atoms with Crippen molar-refractivity contribution >= 4 is 11.9 Å². The maximum atomic E-state index is 12.2. The zero-order valence-corrected chi connectivity index (χ0v) is 9.82. The number of nitrogens with one attached hydrogen (secondary N) is 2. The SMILES string of the molecule is O=C(C1CCNC1)N1CCN2C(=O)NCC2C1. The van der Waals surface area contributed by atoms with Gasteiger partial charge in [-0.3, -0.25) is 4.79 Å². The molecular formula is C11H18N4O2. The van der Waals surface area contributed by atoms with E-state index in [1.54, 1.807) is 0 Å². The van der Waals surface area contributed by atoms with Gasteiger partial charge in [-0.25, -0.2) is 4.79 Å². The third kappa shape index (κ3) is 1.86. The van der Waals surface area contributed by atoms with Crippen molar-refractivity contribution in [2.75, 3.05) is 39.3 Å². The summed E-state index contributed by atoms with van der Waals surface area (Å²) in [6.07, 6.45) is 0.945. The van der Waals surface area contributed by atoms with Crippen LogP contribution in [0.1, 0.15) is 6.42 Å². The van der Waals surface area contributed by atoms with Crippen LogP contribution in [0.2, 0.25) is 0 Å². The van der Waals surface area contributed by atoms with E-state index >= 15 is 0 Å². The number of rotatable bonds is 1. The number of amides is 3. The summed E-state index contributed by atoms with van der Waals surface area (Å²) >= 11 is 0. The van der Waals surface area contributed by atoms with Gasteiger partial charge in [0, 0.05) is 32.7 Å². The lowest BCUT2D eigenvalue weighted by Gasteiger charge is -2.37. The Labute approximate surface area is 100 Å². The highest BCUT2D eigenvalue weighted by Gasteiger charge is 2.38. The lowest BCUT2D eigenvalue weighted by Crippen LogP contribution is -2.55. The Hall–Kier alpha value is -1.30. The first kappa shape index (κ1) is 10.8. The van der Waals surface area contributed by atoms with E-state index in [-0.39, 0.29) is 23.9 Å². The Balaban J connectivity index is 1.62. The molecule has 0 bridgehead atoms. The fourth-order valence-electron chi connectivity index (χ4n) is 2.93. The Morgan fingerprint density at radius 1 is 1.29 bits per heavy atom. The van der Waals surface area contributed by atoms with Gasteiger partial charge >= 0.3 is 6.03 Å². The van der Waals surface area contributed by atoms with Gasteiger partial charge < -0.3 is 20.4 Å². The zero-order chi connectivity index (χ0) is 11.8. The molecule has 2 N–H and O–H groups in total. The van der Waals surface area contributed by atoms with Gasteiger partial charge in [-0.15, -0.1) is 0 Å². The van der Waals surface area contributed by atoms with Gasteiger partial charge in [-0.1, -0.05) is 0 Å². The van der Waals surface area contributed by atoms with Gasteiger partial charge in [0.1, 0.15) is 0 Å². The first-order valence-corrected chi connectivity index (χ1v) is 6.29. The van der Waals surface area contributed by atoms with Crippen LogP contribution in [-0.4, -0.2) is 67.0 Å². The Morgan fingerprint density at radius 3 is 2.94 bits per heavy atom. The third-order valence-electron chi connectivity index (χ3n) is 3.95. The Morgan fingerprint density at radius 2 is 2.18 bits per heavy atom. The minimum atomic E-state index is 0.0182. The van der Waals surface area contributed by atoms with Crippen LogP contribution >= 0.6 is 0 Å². The second-order valence-corrected chi connectivity index (χ2v) is 5.01. The lowest BCUT2D eigenvalue weighted by atomic mass is 10.1. The quantitative estimate of drug-likeness (QED) is 0.605. The summed E-state index contributed by atoms with van der Waals surface area (Å²) in [4.78, 5) is 27.4. The van der Waals surface area contributed by atoms with E-state index < -0.39 is 0 Å². The van der Waals surface area contributed by atoms with Crippen LogP contribution < -0.4 is 10.6 Å². The summed E-state index contributed by atoms with van der Waals surface area (Å²) < 4.78 is 0. The molecule has 6 heteroatoms.